The SMILES string of the molecule is CCCCNC(=O)[C@H](C)NC(=O)[C@@H]1CCC[C@H]1[C@H](O)[C@H](CC(C)C)NC(=O)[C@H](CCSC)NC(=O)OC(C)(C)C. The molecule has 40 heavy (non-hydrogen) atoms. The summed E-state index contributed by atoms with van der Waals surface area (Å²) in [6.07, 6.45) is 5.08. The van der Waals surface area contributed by atoms with Crippen LogP contribution < -0.4 is 21.3 Å². The Morgan fingerprint density at radius 2 is 1.70 bits per heavy atom. The van der Waals surface area contributed by atoms with Crippen molar-refractivity contribution in [1.82, 2.24) is 21.3 Å². The van der Waals surface area contributed by atoms with E-state index in [0.717, 1.165) is 19.3 Å². The fourth-order valence-corrected chi connectivity index (χ4v) is 5.45. The van der Waals surface area contributed by atoms with Crippen molar-refractivity contribution < 1.29 is 29.0 Å². The summed E-state index contributed by atoms with van der Waals surface area (Å²) in [4.78, 5) is 51.4. The van der Waals surface area contributed by atoms with Crippen molar-refractivity contribution in [2.24, 2.45) is 17.8 Å². The lowest BCUT2D eigenvalue weighted by molar-refractivity contribution is -0.133. The molecule has 0 aromatic heterocycles. The minimum Gasteiger partial charge on any atom is -0.444 e. The van der Waals surface area contributed by atoms with Crippen LogP contribution in [-0.4, -0.2) is 77.3 Å². The summed E-state index contributed by atoms with van der Waals surface area (Å²) in [5, 5.41) is 22.8. The standard InChI is InChI=1S/C29H54N4O6S/c1-9-10-15-30-25(35)19(4)31-26(36)21-13-11-12-20(21)24(34)23(17-18(2)3)32-27(37)22(14-16-40-8)33-28(38)39-29(5,6)7/h18-24,34H,9-17H2,1-8H3,(H,30,35)(H,31,36)(H,32,37)(H,33,38)/t19-,20+,21+,22-,23-,24-/m0/s1. The molecule has 0 heterocycles. The molecule has 0 radical (unpaired) electrons. The Bertz CT molecular complexity index is 819. The maximum atomic E-state index is 13.4. The third-order valence-corrected chi connectivity index (χ3v) is 7.65. The molecule has 5 N–H and O–H groups in total. The molecule has 1 saturated carbocycles. The largest absolute Gasteiger partial charge is 0.444 e. The third-order valence-electron chi connectivity index (χ3n) is 7.01. The van der Waals surface area contributed by atoms with E-state index in [1.807, 2.05) is 27.0 Å². The van der Waals surface area contributed by atoms with E-state index in [-0.39, 0.29) is 29.6 Å². The predicted molar refractivity (Wildman–Crippen MR) is 160 cm³/mol. The van der Waals surface area contributed by atoms with Crippen LogP contribution >= 0.6 is 11.8 Å². The smallest absolute Gasteiger partial charge is 0.408 e. The molecule has 1 rings (SSSR count). The van der Waals surface area contributed by atoms with Gasteiger partial charge in [-0.25, -0.2) is 4.79 Å². The summed E-state index contributed by atoms with van der Waals surface area (Å²) in [7, 11) is 0. The van der Waals surface area contributed by atoms with Crippen LogP contribution in [0, 0.1) is 17.8 Å². The van der Waals surface area contributed by atoms with Crippen LogP contribution in [0.4, 0.5) is 4.79 Å². The monoisotopic (exact) mass is 586 g/mol. The lowest BCUT2D eigenvalue weighted by Gasteiger charge is -2.33. The predicted octanol–water partition coefficient (Wildman–Crippen LogP) is 3.36. The molecule has 0 unspecified atom stereocenters. The first-order valence-electron chi connectivity index (χ1n) is 14.7. The Hall–Kier alpha value is -2.01. The van der Waals surface area contributed by atoms with Crippen molar-refractivity contribution in [1.29, 1.82) is 0 Å². The number of nitrogens with one attached hydrogen (secondary N) is 4. The van der Waals surface area contributed by atoms with Crippen molar-refractivity contribution in [3.05, 3.63) is 0 Å². The third kappa shape index (κ3) is 13.1. The molecule has 0 aliphatic heterocycles. The molecule has 0 bridgehead atoms. The van der Waals surface area contributed by atoms with E-state index in [9.17, 15) is 24.3 Å². The summed E-state index contributed by atoms with van der Waals surface area (Å²) in [6, 6.07) is -2.10. The molecule has 4 amide bonds. The van der Waals surface area contributed by atoms with Crippen LogP contribution in [0.1, 0.15) is 93.4 Å². The van der Waals surface area contributed by atoms with Gasteiger partial charge < -0.3 is 31.1 Å². The molecule has 6 atom stereocenters. The van der Waals surface area contributed by atoms with Gasteiger partial charge in [-0.2, -0.15) is 11.8 Å². The van der Waals surface area contributed by atoms with E-state index in [1.54, 1.807) is 39.5 Å². The highest BCUT2D eigenvalue weighted by Gasteiger charge is 2.42. The van der Waals surface area contributed by atoms with E-state index >= 15 is 0 Å². The van der Waals surface area contributed by atoms with Gasteiger partial charge >= 0.3 is 6.09 Å². The highest BCUT2D eigenvalue weighted by Crippen LogP contribution is 2.36. The second kappa shape index (κ2) is 17.7. The zero-order valence-electron chi connectivity index (χ0n) is 25.8. The van der Waals surface area contributed by atoms with Crippen molar-refractivity contribution in [2.45, 2.75) is 123 Å². The minimum absolute atomic E-state index is 0.170. The van der Waals surface area contributed by atoms with Crippen molar-refractivity contribution >= 4 is 35.6 Å². The first-order valence-corrected chi connectivity index (χ1v) is 16.1. The highest BCUT2D eigenvalue weighted by molar-refractivity contribution is 7.98. The molecule has 10 nitrogen and oxygen atoms in total. The molecule has 11 heteroatoms. The molecule has 1 fully saturated rings. The summed E-state index contributed by atoms with van der Waals surface area (Å²) >= 11 is 1.56. The number of aliphatic hydroxyl groups is 1. The van der Waals surface area contributed by atoms with E-state index < -0.39 is 41.8 Å². The van der Waals surface area contributed by atoms with Crippen molar-refractivity contribution in [3.8, 4) is 0 Å². The first kappa shape index (κ1) is 36.0. The van der Waals surface area contributed by atoms with Gasteiger partial charge in [-0.15, -0.1) is 0 Å². The molecule has 1 aliphatic carbocycles. The number of carbonyl (C=O) groups is 4. The van der Waals surface area contributed by atoms with Gasteiger partial charge in [0.2, 0.25) is 17.7 Å². The van der Waals surface area contributed by atoms with Gasteiger partial charge in [0.15, 0.2) is 0 Å². The van der Waals surface area contributed by atoms with Gasteiger partial charge in [0.05, 0.1) is 12.1 Å². The number of alkyl carbamates (subject to hydrolysis) is 1. The fourth-order valence-electron chi connectivity index (χ4n) is 4.98. The molecule has 232 valence electrons. The number of rotatable bonds is 16. The summed E-state index contributed by atoms with van der Waals surface area (Å²) in [5.41, 5.74) is -0.702. The lowest BCUT2D eigenvalue weighted by Crippen LogP contribution is -2.55. The van der Waals surface area contributed by atoms with Gasteiger partial charge in [0.25, 0.3) is 0 Å². The minimum atomic E-state index is -0.957. The summed E-state index contributed by atoms with van der Waals surface area (Å²) in [6.45, 7) is 13.6. The maximum Gasteiger partial charge on any atom is 0.408 e. The molecular weight excluding hydrogens is 532 g/mol. The zero-order valence-corrected chi connectivity index (χ0v) is 26.6. The van der Waals surface area contributed by atoms with Crippen LogP contribution in [-0.2, 0) is 19.1 Å². The van der Waals surface area contributed by atoms with E-state index in [2.05, 4.69) is 21.3 Å². The number of carbonyl (C=O) groups excluding carboxylic acids is 4. The Morgan fingerprint density at radius 1 is 1.02 bits per heavy atom. The number of aliphatic hydroxyl groups excluding tert-OH is 1. The molecule has 0 spiro atoms. The van der Waals surface area contributed by atoms with Gasteiger partial charge in [-0.05, 0) is 83.6 Å². The lowest BCUT2D eigenvalue weighted by atomic mass is 9.83. The topological polar surface area (TPSA) is 146 Å². The number of unbranched alkanes of at least 4 members (excludes halogenated alkanes) is 1. The van der Waals surface area contributed by atoms with Crippen LogP contribution in [0.25, 0.3) is 0 Å². The van der Waals surface area contributed by atoms with Crippen LogP contribution in [0.5, 0.6) is 0 Å². The number of ether oxygens (including phenoxy) is 1. The quantitative estimate of drug-likeness (QED) is 0.174. The molecule has 0 aromatic carbocycles. The highest BCUT2D eigenvalue weighted by atomic mass is 32.2. The number of hydrogen-bond donors (Lipinski definition) is 5. The molecule has 0 saturated heterocycles. The molecule has 0 aromatic rings. The van der Waals surface area contributed by atoms with Crippen molar-refractivity contribution in [2.75, 3.05) is 18.6 Å². The Kier molecular flexibility index (Phi) is 16.0. The summed E-state index contributed by atoms with van der Waals surface area (Å²) < 4.78 is 5.35. The average Bonchev–Trinajstić information content (AvgIpc) is 3.34. The van der Waals surface area contributed by atoms with Gasteiger partial charge in [0, 0.05) is 12.5 Å². The van der Waals surface area contributed by atoms with Crippen LogP contribution in [0.2, 0.25) is 0 Å². The van der Waals surface area contributed by atoms with Gasteiger partial charge in [-0.1, -0.05) is 33.6 Å². The van der Waals surface area contributed by atoms with E-state index in [4.69, 9.17) is 4.74 Å². The summed E-state index contributed by atoms with van der Waals surface area (Å²) in [5.74, 6) is -0.859. The number of thioether (sulfide) groups is 1. The van der Waals surface area contributed by atoms with E-state index in [0.29, 0.717) is 38.0 Å². The van der Waals surface area contributed by atoms with Crippen LogP contribution in [0.3, 0.4) is 0 Å². The molecule has 1 aliphatic rings. The van der Waals surface area contributed by atoms with E-state index in [1.165, 1.54) is 0 Å². The fraction of sp³-hybridized carbons (Fsp3) is 0.862. The zero-order chi connectivity index (χ0) is 30.5. The van der Waals surface area contributed by atoms with Gasteiger partial charge in [0.1, 0.15) is 17.7 Å². The second-order valence-corrected chi connectivity index (χ2v) is 13.3. The van der Waals surface area contributed by atoms with Gasteiger partial charge in [-0.3, -0.25) is 14.4 Å². The first-order chi connectivity index (χ1) is 18.7. The Balaban J connectivity index is 2.97. The van der Waals surface area contributed by atoms with Crippen LogP contribution in [0.15, 0.2) is 0 Å². The van der Waals surface area contributed by atoms with Crippen molar-refractivity contribution in [3.63, 3.8) is 0 Å². The second-order valence-electron chi connectivity index (χ2n) is 12.3. The Morgan fingerprint density at radius 3 is 2.27 bits per heavy atom. The maximum absolute atomic E-state index is 13.4. The normalized spacial score (nSPS) is 20.2. The number of amides is 4. The Labute approximate surface area is 245 Å². The average molecular weight is 587 g/mol. The number of hydrogen-bond acceptors (Lipinski definition) is 7. The molecular formula is C29H54N4O6S.